The monoisotopic (exact) mass is 401 g/mol. The van der Waals surface area contributed by atoms with Crippen LogP contribution in [0.25, 0.3) is 10.9 Å². The zero-order valence-corrected chi connectivity index (χ0v) is 16.3. The zero-order chi connectivity index (χ0) is 19.0. The minimum atomic E-state index is -3.48. The van der Waals surface area contributed by atoms with Gasteiger partial charge in [0.2, 0.25) is 10.0 Å². The largest absolute Gasteiger partial charge is 0.292 e. The minimum Gasteiger partial charge on any atom is -0.292 e. The van der Waals surface area contributed by atoms with Crippen molar-refractivity contribution >= 4 is 38.5 Å². The number of hydrogen-bond donors (Lipinski definition) is 1. The Hall–Kier alpha value is -2.16. The van der Waals surface area contributed by atoms with Crippen LogP contribution in [0, 0.1) is 0 Å². The Balaban J connectivity index is 1.68. The molecule has 6 nitrogen and oxygen atoms in total. The molecule has 1 aliphatic heterocycles. The molecule has 0 saturated carbocycles. The first kappa shape index (κ1) is 18.2. The van der Waals surface area contributed by atoms with Gasteiger partial charge in [0.25, 0.3) is 0 Å². The number of carbonyl (C=O) groups is 1. The molecule has 0 amide bonds. The van der Waals surface area contributed by atoms with Crippen LogP contribution in [0.15, 0.2) is 55.0 Å². The van der Waals surface area contributed by atoms with Crippen LogP contribution in [-0.4, -0.2) is 40.7 Å². The molecule has 3 heterocycles. The van der Waals surface area contributed by atoms with E-state index in [0.717, 1.165) is 5.56 Å². The first-order valence-electron chi connectivity index (χ1n) is 8.66. The Kier molecular flexibility index (Phi) is 4.79. The summed E-state index contributed by atoms with van der Waals surface area (Å²) in [6, 6.07) is 10.6. The number of aromatic nitrogens is 2. The number of carbonyl (C=O) groups excluding carboxylic acids is 1. The Morgan fingerprint density at radius 1 is 1.30 bits per heavy atom. The number of pyridine rings is 1. The van der Waals surface area contributed by atoms with Crippen LogP contribution in [-0.2, 0) is 10.0 Å². The van der Waals surface area contributed by atoms with E-state index in [9.17, 15) is 13.2 Å². The normalized spacial score (nSPS) is 20.2. The molecule has 1 aliphatic rings. The van der Waals surface area contributed by atoms with Crippen LogP contribution in [0.3, 0.4) is 0 Å². The van der Waals surface area contributed by atoms with Gasteiger partial charge >= 0.3 is 0 Å². The van der Waals surface area contributed by atoms with Crippen molar-refractivity contribution in [1.82, 2.24) is 14.3 Å². The molecule has 0 aliphatic carbocycles. The van der Waals surface area contributed by atoms with Crippen LogP contribution >= 0.6 is 11.8 Å². The van der Waals surface area contributed by atoms with Crippen molar-refractivity contribution in [1.29, 1.82) is 0 Å². The molecule has 1 aromatic carbocycles. The van der Waals surface area contributed by atoms with E-state index in [-0.39, 0.29) is 23.0 Å². The molecule has 0 bridgehead atoms. The fourth-order valence-corrected chi connectivity index (χ4v) is 5.48. The molecular formula is C19H19N3O3S2. The van der Waals surface area contributed by atoms with Crippen molar-refractivity contribution in [3.63, 3.8) is 0 Å². The fourth-order valence-electron chi connectivity index (χ4n) is 3.25. The molecule has 140 valence electrons. The van der Waals surface area contributed by atoms with Crippen LogP contribution in [0.4, 0.5) is 0 Å². The lowest BCUT2D eigenvalue weighted by Crippen LogP contribution is -2.34. The SMILES string of the molecule is CCS(=O)(=O)n1cc(C(=O)C2CSC(c3cccnc3)N2)c2ccccc21. The number of fused-ring (bicyclic) bond motifs is 1. The summed E-state index contributed by atoms with van der Waals surface area (Å²) in [5.41, 5.74) is 2.00. The number of hydrogen-bond acceptors (Lipinski definition) is 6. The van der Waals surface area contributed by atoms with E-state index < -0.39 is 10.0 Å². The third-order valence-corrected chi connectivity index (χ3v) is 7.59. The third kappa shape index (κ3) is 3.28. The van der Waals surface area contributed by atoms with E-state index in [1.807, 2.05) is 18.2 Å². The predicted molar refractivity (Wildman–Crippen MR) is 107 cm³/mol. The average molecular weight is 402 g/mol. The summed E-state index contributed by atoms with van der Waals surface area (Å²) in [5.74, 6) is 0.508. The van der Waals surface area contributed by atoms with Gasteiger partial charge in [0.1, 0.15) is 0 Å². The highest BCUT2D eigenvalue weighted by Crippen LogP contribution is 2.34. The van der Waals surface area contributed by atoms with Crippen LogP contribution in [0.5, 0.6) is 0 Å². The first-order valence-corrected chi connectivity index (χ1v) is 11.3. The van der Waals surface area contributed by atoms with Gasteiger partial charge in [-0.25, -0.2) is 12.4 Å². The maximum Gasteiger partial charge on any atom is 0.238 e. The fraction of sp³-hybridized carbons (Fsp3) is 0.263. The molecule has 2 atom stereocenters. The molecule has 2 aromatic heterocycles. The third-order valence-electron chi connectivity index (χ3n) is 4.69. The van der Waals surface area contributed by atoms with Gasteiger partial charge in [-0.1, -0.05) is 24.3 Å². The summed E-state index contributed by atoms with van der Waals surface area (Å²) in [6.07, 6.45) is 4.97. The highest BCUT2D eigenvalue weighted by Gasteiger charge is 2.33. The molecule has 8 heteroatoms. The standard InChI is InChI=1S/C19H19N3O3S2/c1-2-27(24,25)22-11-15(14-7-3-4-8-17(14)22)18(23)16-12-26-19(21-16)13-6-5-9-20-10-13/h3-11,16,19,21H,2,12H2,1H3. The summed E-state index contributed by atoms with van der Waals surface area (Å²) in [4.78, 5) is 17.3. The highest BCUT2D eigenvalue weighted by molar-refractivity contribution is 7.99. The zero-order valence-electron chi connectivity index (χ0n) is 14.7. The maximum absolute atomic E-state index is 13.2. The average Bonchev–Trinajstić information content (AvgIpc) is 3.34. The van der Waals surface area contributed by atoms with Gasteiger partial charge < -0.3 is 0 Å². The molecule has 27 heavy (non-hydrogen) atoms. The van der Waals surface area contributed by atoms with Gasteiger partial charge in [-0.3, -0.25) is 15.1 Å². The van der Waals surface area contributed by atoms with Gasteiger partial charge in [0.15, 0.2) is 5.78 Å². The number of rotatable bonds is 5. The maximum atomic E-state index is 13.2. The Morgan fingerprint density at radius 2 is 2.11 bits per heavy atom. The van der Waals surface area contributed by atoms with Crippen molar-refractivity contribution in [2.75, 3.05) is 11.5 Å². The van der Waals surface area contributed by atoms with Crippen molar-refractivity contribution in [3.05, 3.63) is 66.1 Å². The van der Waals surface area contributed by atoms with Crippen molar-refractivity contribution in [2.45, 2.75) is 18.3 Å². The minimum absolute atomic E-state index is 0.000347. The van der Waals surface area contributed by atoms with Gasteiger partial charge in [0.05, 0.1) is 22.7 Å². The lowest BCUT2D eigenvalue weighted by molar-refractivity contribution is 0.0957. The second kappa shape index (κ2) is 7.10. The van der Waals surface area contributed by atoms with Crippen LogP contribution in [0.1, 0.15) is 28.2 Å². The quantitative estimate of drug-likeness (QED) is 0.662. The van der Waals surface area contributed by atoms with E-state index in [4.69, 9.17) is 0 Å². The number of Topliss-reactive ketones (excluding diaryl/α,β-unsaturated/α-hetero) is 1. The first-order chi connectivity index (χ1) is 13.0. The molecule has 2 unspecified atom stereocenters. The van der Waals surface area contributed by atoms with E-state index in [1.54, 1.807) is 49.3 Å². The highest BCUT2D eigenvalue weighted by atomic mass is 32.2. The number of benzene rings is 1. The number of nitrogens with one attached hydrogen (secondary N) is 1. The summed E-state index contributed by atoms with van der Waals surface area (Å²) in [5, 5.41) is 4.01. The van der Waals surface area contributed by atoms with Gasteiger partial charge in [0, 0.05) is 35.3 Å². The second-order valence-corrected chi connectivity index (χ2v) is 9.61. The van der Waals surface area contributed by atoms with Crippen molar-refractivity contribution < 1.29 is 13.2 Å². The van der Waals surface area contributed by atoms with E-state index in [0.29, 0.717) is 22.2 Å². The molecule has 3 aromatic rings. The molecule has 1 fully saturated rings. The Labute approximate surface area is 162 Å². The summed E-state index contributed by atoms with van der Waals surface area (Å²) >= 11 is 1.65. The van der Waals surface area contributed by atoms with Gasteiger partial charge in [-0.2, -0.15) is 0 Å². The molecular weight excluding hydrogens is 382 g/mol. The molecule has 0 spiro atoms. The summed E-state index contributed by atoms with van der Waals surface area (Å²) < 4.78 is 26.1. The smallest absolute Gasteiger partial charge is 0.238 e. The van der Waals surface area contributed by atoms with Crippen molar-refractivity contribution in [2.24, 2.45) is 0 Å². The number of nitrogens with zero attached hydrogens (tertiary/aromatic N) is 2. The summed E-state index contributed by atoms with van der Waals surface area (Å²) in [6.45, 7) is 1.60. The second-order valence-electron chi connectivity index (χ2n) is 6.34. The molecule has 4 rings (SSSR count). The van der Waals surface area contributed by atoms with E-state index >= 15 is 0 Å². The number of ketones is 1. The lowest BCUT2D eigenvalue weighted by atomic mass is 10.0. The van der Waals surface area contributed by atoms with E-state index in [2.05, 4.69) is 10.3 Å². The van der Waals surface area contributed by atoms with Crippen LogP contribution in [0.2, 0.25) is 0 Å². The van der Waals surface area contributed by atoms with Crippen LogP contribution < -0.4 is 5.32 Å². The molecule has 1 N–H and O–H groups in total. The number of para-hydroxylation sites is 1. The lowest BCUT2D eigenvalue weighted by Gasteiger charge is -2.12. The molecule has 0 radical (unpaired) electrons. The van der Waals surface area contributed by atoms with Gasteiger partial charge in [-0.15, -0.1) is 11.8 Å². The Bertz CT molecular complexity index is 1090. The van der Waals surface area contributed by atoms with Crippen molar-refractivity contribution in [3.8, 4) is 0 Å². The summed E-state index contributed by atoms with van der Waals surface area (Å²) in [7, 11) is -3.48. The van der Waals surface area contributed by atoms with E-state index in [1.165, 1.54) is 10.2 Å². The predicted octanol–water partition coefficient (Wildman–Crippen LogP) is 2.82. The Morgan fingerprint density at radius 3 is 2.85 bits per heavy atom. The number of thioether (sulfide) groups is 1. The van der Waals surface area contributed by atoms with Gasteiger partial charge in [-0.05, 0) is 24.6 Å². The topological polar surface area (TPSA) is 81.1 Å². The molecule has 1 saturated heterocycles.